The van der Waals surface area contributed by atoms with Crippen LogP contribution >= 0.6 is 12.2 Å². The average Bonchev–Trinajstić information content (AvgIpc) is 2.72. The third-order valence-corrected chi connectivity index (χ3v) is 3.56. The van der Waals surface area contributed by atoms with Crippen LogP contribution in [-0.4, -0.2) is 9.55 Å². The second-order valence-electron chi connectivity index (χ2n) is 4.96. The van der Waals surface area contributed by atoms with Gasteiger partial charge in [0.25, 0.3) is 0 Å². The van der Waals surface area contributed by atoms with Gasteiger partial charge >= 0.3 is 0 Å². The molecule has 1 heterocycles. The summed E-state index contributed by atoms with van der Waals surface area (Å²) in [5.41, 5.74) is 5.89. The van der Waals surface area contributed by atoms with Gasteiger partial charge in [-0.05, 0) is 67.5 Å². The van der Waals surface area contributed by atoms with Gasteiger partial charge in [0.05, 0.1) is 22.7 Å². The monoisotopic (exact) mass is 279 g/mol. The van der Waals surface area contributed by atoms with Crippen LogP contribution in [0.2, 0.25) is 0 Å². The lowest BCUT2D eigenvalue weighted by atomic mass is 10.1. The van der Waals surface area contributed by atoms with Gasteiger partial charge < -0.3 is 4.98 Å². The van der Waals surface area contributed by atoms with Crippen molar-refractivity contribution in [3.63, 3.8) is 0 Å². The predicted molar refractivity (Wildman–Crippen MR) is 82.6 cm³/mol. The van der Waals surface area contributed by atoms with Crippen LogP contribution in [-0.2, 0) is 0 Å². The van der Waals surface area contributed by atoms with Crippen molar-refractivity contribution in [3.8, 4) is 11.8 Å². The van der Waals surface area contributed by atoms with Gasteiger partial charge in [-0.2, -0.15) is 5.26 Å². The van der Waals surface area contributed by atoms with E-state index in [1.54, 1.807) is 6.07 Å². The molecule has 0 aliphatic heterocycles. The highest BCUT2D eigenvalue weighted by atomic mass is 32.1. The second-order valence-corrected chi connectivity index (χ2v) is 5.34. The molecule has 0 unspecified atom stereocenters. The van der Waals surface area contributed by atoms with Crippen molar-refractivity contribution in [1.29, 1.82) is 5.26 Å². The fourth-order valence-corrected chi connectivity index (χ4v) is 2.82. The second kappa shape index (κ2) is 4.62. The molecule has 1 aromatic heterocycles. The van der Waals surface area contributed by atoms with Gasteiger partial charge in [-0.15, -0.1) is 0 Å². The summed E-state index contributed by atoms with van der Waals surface area (Å²) >= 11 is 5.43. The van der Waals surface area contributed by atoms with Gasteiger partial charge in [0.2, 0.25) is 0 Å². The Balaban J connectivity index is 2.38. The molecule has 2 aromatic carbocycles. The number of benzene rings is 2. The van der Waals surface area contributed by atoms with Gasteiger partial charge in [-0.25, -0.2) is 0 Å². The molecule has 20 heavy (non-hydrogen) atoms. The number of hydrogen-bond acceptors (Lipinski definition) is 2. The van der Waals surface area contributed by atoms with E-state index >= 15 is 0 Å². The number of nitrogens with one attached hydrogen (secondary N) is 1. The molecule has 3 aromatic rings. The number of nitrogens with zero attached hydrogens (tertiary/aromatic N) is 2. The van der Waals surface area contributed by atoms with E-state index in [0.717, 1.165) is 16.7 Å². The molecule has 0 radical (unpaired) electrons. The standard InChI is InChI=1S/C16H13N3S/c1-10-5-11(2)7-13(6-10)19-15-8-12(9-17)3-4-14(15)18-16(19)20/h3-8H,1-2H3,(H,18,20). The third-order valence-electron chi connectivity index (χ3n) is 3.28. The van der Waals surface area contributed by atoms with Crippen LogP contribution in [0.4, 0.5) is 0 Å². The summed E-state index contributed by atoms with van der Waals surface area (Å²) in [6, 6.07) is 14.0. The maximum atomic E-state index is 9.06. The zero-order valence-electron chi connectivity index (χ0n) is 11.3. The highest BCUT2D eigenvalue weighted by Gasteiger charge is 2.08. The SMILES string of the molecule is Cc1cc(C)cc(-n2c(=S)[nH]c3ccc(C#N)cc32)c1. The number of aromatic amines is 1. The Morgan fingerprint density at radius 2 is 1.80 bits per heavy atom. The predicted octanol–water partition coefficient (Wildman–Crippen LogP) is 4.18. The zero-order valence-corrected chi connectivity index (χ0v) is 12.1. The van der Waals surface area contributed by atoms with E-state index < -0.39 is 0 Å². The summed E-state index contributed by atoms with van der Waals surface area (Å²) < 4.78 is 2.62. The van der Waals surface area contributed by atoms with E-state index in [2.05, 4.69) is 43.1 Å². The lowest BCUT2D eigenvalue weighted by Crippen LogP contribution is -1.95. The van der Waals surface area contributed by atoms with E-state index in [1.165, 1.54) is 11.1 Å². The van der Waals surface area contributed by atoms with Crippen LogP contribution in [0.25, 0.3) is 16.7 Å². The quantitative estimate of drug-likeness (QED) is 0.679. The number of fused-ring (bicyclic) bond motifs is 1. The molecule has 98 valence electrons. The number of aryl methyl sites for hydroxylation is 2. The molecule has 0 saturated carbocycles. The summed E-state index contributed by atoms with van der Waals surface area (Å²) in [5.74, 6) is 0. The van der Waals surface area contributed by atoms with Gasteiger partial charge in [0.15, 0.2) is 4.77 Å². The number of H-pyrrole nitrogens is 1. The molecule has 0 atom stereocenters. The van der Waals surface area contributed by atoms with E-state index in [-0.39, 0.29) is 0 Å². The van der Waals surface area contributed by atoms with Crippen LogP contribution < -0.4 is 0 Å². The van der Waals surface area contributed by atoms with Gasteiger partial charge in [0, 0.05) is 5.69 Å². The molecular weight excluding hydrogens is 266 g/mol. The number of nitriles is 1. The first-order valence-corrected chi connectivity index (χ1v) is 6.73. The topological polar surface area (TPSA) is 44.5 Å². The lowest BCUT2D eigenvalue weighted by molar-refractivity contribution is 1.06. The van der Waals surface area contributed by atoms with Crippen LogP contribution in [0, 0.1) is 29.9 Å². The van der Waals surface area contributed by atoms with Crippen molar-refractivity contribution in [1.82, 2.24) is 9.55 Å². The van der Waals surface area contributed by atoms with E-state index in [4.69, 9.17) is 17.5 Å². The molecule has 4 heteroatoms. The number of imidazole rings is 1. The summed E-state index contributed by atoms with van der Waals surface area (Å²) in [6.07, 6.45) is 0. The highest BCUT2D eigenvalue weighted by molar-refractivity contribution is 7.71. The summed E-state index contributed by atoms with van der Waals surface area (Å²) in [7, 11) is 0. The summed E-state index contributed by atoms with van der Waals surface area (Å²) in [6.45, 7) is 4.13. The Morgan fingerprint density at radius 3 is 2.45 bits per heavy atom. The van der Waals surface area contributed by atoms with E-state index in [1.807, 2.05) is 16.7 Å². The van der Waals surface area contributed by atoms with Gasteiger partial charge in [-0.3, -0.25) is 4.57 Å². The Labute approximate surface area is 122 Å². The lowest BCUT2D eigenvalue weighted by Gasteiger charge is -2.07. The normalized spacial score (nSPS) is 10.7. The minimum atomic E-state index is 0.629. The first-order valence-electron chi connectivity index (χ1n) is 6.32. The number of hydrogen-bond donors (Lipinski definition) is 1. The Hall–Kier alpha value is -2.38. The van der Waals surface area contributed by atoms with E-state index in [0.29, 0.717) is 10.3 Å². The van der Waals surface area contributed by atoms with Crippen molar-refractivity contribution in [2.24, 2.45) is 0 Å². The van der Waals surface area contributed by atoms with Crippen LogP contribution in [0.1, 0.15) is 16.7 Å². The molecule has 0 spiro atoms. The van der Waals surface area contributed by atoms with Crippen LogP contribution in [0.3, 0.4) is 0 Å². The maximum Gasteiger partial charge on any atom is 0.182 e. The van der Waals surface area contributed by atoms with E-state index in [9.17, 15) is 0 Å². The minimum absolute atomic E-state index is 0.629. The van der Waals surface area contributed by atoms with Crippen molar-refractivity contribution in [3.05, 3.63) is 57.9 Å². The average molecular weight is 279 g/mol. The Bertz CT molecular complexity index is 889. The largest absolute Gasteiger partial charge is 0.330 e. The Morgan fingerprint density at radius 1 is 1.10 bits per heavy atom. The fourth-order valence-electron chi connectivity index (χ4n) is 2.51. The summed E-state index contributed by atoms with van der Waals surface area (Å²) in [4.78, 5) is 3.18. The van der Waals surface area contributed by atoms with Crippen LogP contribution in [0.15, 0.2) is 36.4 Å². The highest BCUT2D eigenvalue weighted by Crippen LogP contribution is 2.22. The first kappa shape index (κ1) is 12.6. The van der Waals surface area contributed by atoms with Crippen molar-refractivity contribution >= 4 is 23.3 Å². The van der Waals surface area contributed by atoms with Crippen LogP contribution in [0.5, 0.6) is 0 Å². The maximum absolute atomic E-state index is 9.06. The number of aromatic nitrogens is 2. The molecular formula is C16H13N3S. The molecule has 0 aliphatic rings. The molecule has 0 fully saturated rings. The Kier molecular flexibility index (Phi) is 2.92. The smallest absolute Gasteiger partial charge is 0.182 e. The van der Waals surface area contributed by atoms with Gasteiger partial charge in [0.1, 0.15) is 0 Å². The molecule has 0 saturated heterocycles. The molecule has 3 rings (SSSR count). The van der Waals surface area contributed by atoms with Crippen molar-refractivity contribution in [2.75, 3.05) is 0 Å². The molecule has 0 bridgehead atoms. The van der Waals surface area contributed by atoms with Crippen molar-refractivity contribution in [2.45, 2.75) is 13.8 Å². The first-order chi connectivity index (χ1) is 9.58. The fraction of sp³-hybridized carbons (Fsp3) is 0.125. The summed E-state index contributed by atoms with van der Waals surface area (Å²) in [5, 5.41) is 9.06. The van der Waals surface area contributed by atoms with Gasteiger partial charge in [-0.1, -0.05) is 6.07 Å². The van der Waals surface area contributed by atoms with Crippen molar-refractivity contribution < 1.29 is 0 Å². The number of rotatable bonds is 1. The minimum Gasteiger partial charge on any atom is -0.330 e. The molecule has 3 nitrogen and oxygen atoms in total. The third kappa shape index (κ3) is 2.02. The molecule has 0 amide bonds. The molecule has 0 aliphatic carbocycles. The molecule has 1 N–H and O–H groups in total. The zero-order chi connectivity index (χ0) is 14.3.